The fourth-order valence-corrected chi connectivity index (χ4v) is 4.80. The van der Waals surface area contributed by atoms with Crippen molar-refractivity contribution in [3.8, 4) is 5.75 Å². The number of fused-ring (bicyclic) bond motifs is 1. The predicted molar refractivity (Wildman–Crippen MR) is 131 cm³/mol. The molecule has 3 aromatic carbocycles. The molecule has 0 bridgehead atoms. The number of nitrogens with zero attached hydrogens (tertiary/aromatic N) is 2. The highest BCUT2D eigenvalue weighted by Gasteiger charge is 2.36. The molecule has 4 rings (SSSR count). The van der Waals surface area contributed by atoms with E-state index in [0.717, 1.165) is 20.3 Å². The highest BCUT2D eigenvalue weighted by molar-refractivity contribution is 9.10. The van der Waals surface area contributed by atoms with Crippen LogP contribution in [-0.4, -0.2) is 16.5 Å². The molecule has 0 unspecified atom stereocenters. The van der Waals surface area contributed by atoms with E-state index in [2.05, 4.69) is 15.9 Å². The van der Waals surface area contributed by atoms with Crippen LogP contribution in [0.4, 0.5) is 5.13 Å². The molecule has 7 heteroatoms. The molecule has 1 heterocycles. The summed E-state index contributed by atoms with van der Waals surface area (Å²) in [6, 6.07) is 22.8. The van der Waals surface area contributed by atoms with E-state index in [1.807, 2.05) is 48.5 Å². The van der Waals surface area contributed by atoms with Gasteiger partial charge in [0.25, 0.3) is 5.91 Å². The van der Waals surface area contributed by atoms with E-state index >= 15 is 0 Å². The van der Waals surface area contributed by atoms with Crippen molar-refractivity contribution in [1.29, 1.82) is 0 Å². The topological polar surface area (TPSA) is 42.4 Å². The minimum absolute atomic E-state index is 0.176. The Morgan fingerprint density at radius 2 is 1.81 bits per heavy atom. The van der Waals surface area contributed by atoms with E-state index in [0.29, 0.717) is 22.4 Å². The maximum absolute atomic E-state index is 13.7. The third-order valence-electron chi connectivity index (χ3n) is 4.70. The Balaban J connectivity index is 1.69. The van der Waals surface area contributed by atoms with Gasteiger partial charge in [-0.3, -0.25) is 9.69 Å². The second-order valence-corrected chi connectivity index (χ2v) is 9.91. The first-order valence-electron chi connectivity index (χ1n) is 9.68. The third-order valence-corrected chi connectivity index (χ3v) is 6.49. The zero-order valence-corrected chi connectivity index (χ0v) is 20.2. The summed E-state index contributed by atoms with van der Waals surface area (Å²) in [4.78, 5) is 20.1. The van der Waals surface area contributed by atoms with Crippen molar-refractivity contribution in [1.82, 2.24) is 4.98 Å². The molecule has 0 N–H and O–H groups in total. The van der Waals surface area contributed by atoms with Gasteiger partial charge in [-0.05, 0) is 61.9 Å². The van der Waals surface area contributed by atoms with Crippen LogP contribution < -0.4 is 9.64 Å². The summed E-state index contributed by atoms with van der Waals surface area (Å²) in [5.74, 6) is 0.403. The minimum Gasteiger partial charge on any atom is -0.478 e. The van der Waals surface area contributed by atoms with E-state index in [1.54, 1.807) is 43.0 Å². The summed E-state index contributed by atoms with van der Waals surface area (Å²) in [5.41, 5.74) is 0.755. The molecule has 0 atom stereocenters. The van der Waals surface area contributed by atoms with Gasteiger partial charge in [0.1, 0.15) is 5.75 Å². The Hall–Kier alpha value is -2.41. The molecular formula is C24H20BrClN2O2S. The Morgan fingerprint density at radius 3 is 2.52 bits per heavy atom. The fourth-order valence-electron chi connectivity index (χ4n) is 3.16. The molecule has 1 aromatic heterocycles. The first kappa shape index (κ1) is 21.8. The lowest BCUT2D eigenvalue weighted by atomic mass is 10.1. The molecular weight excluding hydrogens is 496 g/mol. The molecule has 4 nitrogen and oxygen atoms in total. The summed E-state index contributed by atoms with van der Waals surface area (Å²) < 4.78 is 8.05. The molecule has 0 aliphatic heterocycles. The second kappa shape index (κ2) is 8.99. The van der Waals surface area contributed by atoms with Gasteiger partial charge in [0, 0.05) is 9.50 Å². The molecule has 0 saturated carbocycles. The Bertz CT molecular complexity index is 1210. The number of halogens is 2. The number of hydrogen-bond donors (Lipinski definition) is 0. The number of amides is 1. The standard InChI is InChI=1S/C24H20BrClN2O2S/c1-24(2,30-19-11-9-18(26)10-12-19)22(29)28(15-16-6-4-3-5-7-16)23-27-20-13-8-17(25)14-21(20)31-23/h3-14H,15H2,1-2H3. The lowest BCUT2D eigenvalue weighted by Gasteiger charge is -2.31. The molecule has 0 fully saturated rings. The number of anilines is 1. The fraction of sp³-hybridized carbons (Fsp3) is 0.167. The van der Waals surface area contributed by atoms with Crippen LogP contribution >= 0.6 is 38.9 Å². The van der Waals surface area contributed by atoms with Crippen LogP contribution in [0.5, 0.6) is 5.75 Å². The number of carbonyl (C=O) groups excluding carboxylic acids is 1. The number of rotatable bonds is 6. The monoisotopic (exact) mass is 514 g/mol. The average molecular weight is 516 g/mol. The summed E-state index contributed by atoms with van der Waals surface area (Å²) in [6.45, 7) is 3.94. The normalized spacial score (nSPS) is 11.5. The molecule has 0 radical (unpaired) electrons. The van der Waals surface area contributed by atoms with Crippen molar-refractivity contribution in [2.24, 2.45) is 0 Å². The van der Waals surface area contributed by atoms with Crippen LogP contribution in [0.15, 0.2) is 77.3 Å². The van der Waals surface area contributed by atoms with Crippen molar-refractivity contribution >= 4 is 60.1 Å². The van der Waals surface area contributed by atoms with Crippen LogP contribution in [-0.2, 0) is 11.3 Å². The number of carbonyl (C=O) groups is 1. The molecule has 158 valence electrons. The predicted octanol–water partition coefficient (Wildman–Crippen LogP) is 7.10. The molecule has 0 spiro atoms. The number of ether oxygens (including phenoxy) is 1. The number of thiazole rings is 1. The maximum atomic E-state index is 13.7. The lowest BCUT2D eigenvalue weighted by molar-refractivity contribution is -0.131. The van der Waals surface area contributed by atoms with Gasteiger partial charge < -0.3 is 4.74 Å². The first-order valence-corrected chi connectivity index (χ1v) is 11.7. The number of aromatic nitrogens is 1. The van der Waals surface area contributed by atoms with E-state index in [4.69, 9.17) is 21.3 Å². The van der Waals surface area contributed by atoms with Gasteiger partial charge in [-0.1, -0.05) is 69.2 Å². The molecule has 0 aliphatic carbocycles. The van der Waals surface area contributed by atoms with Crippen LogP contribution in [0.2, 0.25) is 5.02 Å². The molecule has 1 amide bonds. The molecule has 31 heavy (non-hydrogen) atoms. The average Bonchev–Trinajstić information content (AvgIpc) is 3.16. The maximum Gasteiger partial charge on any atom is 0.272 e. The van der Waals surface area contributed by atoms with Gasteiger partial charge in [-0.25, -0.2) is 4.98 Å². The first-order chi connectivity index (χ1) is 14.8. The van der Waals surface area contributed by atoms with Gasteiger partial charge >= 0.3 is 0 Å². The van der Waals surface area contributed by atoms with Crippen molar-refractivity contribution in [3.05, 3.63) is 87.9 Å². The van der Waals surface area contributed by atoms with Gasteiger partial charge in [-0.15, -0.1) is 0 Å². The molecule has 4 aromatic rings. The highest BCUT2D eigenvalue weighted by atomic mass is 79.9. The Morgan fingerprint density at radius 1 is 1.10 bits per heavy atom. The van der Waals surface area contributed by atoms with Gasteiger partial charge in [0.15, 0.2) is 10.7 Å². The van der Waals surface area contributed by atoms with Gasteiger partial charge in [-0.2, -0.15) is 0 Å². The Kier molecular flexibility index (Phi) is 6.32. The van der Waals surface area contributed by atoms with Gasteiger partial charge in [0.2, 0.25) is 0 Å². The van der Waals surface area contributed by atoms with Crippen LogP contribution in [0.3, 0.4) is 0 Å². The van der Waals surface area contributed by atoms with Crippen molar-refractivity contribution < 1.29 is 9.53 Å². The third kappa shape index (κ3) is 5.09. The SMILES string of the molecule is CC(C)(Oc1ccc(Cl)cc1)C(=O)N(Cc1ccccc1)c1nc2ccc(Br)cc2s1. The largest absolute Gasteiger partial charge is 0.478 e. The van der Waals surface area contributed by atoms with Crippen LogP contribution in [0.25, 0.3) is 10.2 Å². The smallest absolute Gasteiger partial charge is 0.272 e. The second-order valence-electron chi connectivity index (χ2n) is 7.55. The van der Waals surface area contributed by atoms with Crippen molar-refractivity contribution in [2.75, 3.05) is 4.90 Å². The van der Waals surface area contributed by atoms with E-state index in [1.165, 1.54) is 11.3 Å². The zero-order chi connectivity index (χ0) is 22.0. The zero-order valence-electron chi connectivity index (χ0n) is 17.0. The van der Waals surface area contributed by atoms with Crippen molar-refractivity contribution in [3.63, 3.8) is 0 Å². The Labute approximate surface area is 198 Å². The van der Waals surface area contributed by atoms with Crippen LogP contribution in [0.1, 0.15) is 19.4 Å². The highest BCUT2D eigenvalue weighted by Crippen LogP contribution is 2.33. The quantitative estimate of drug-likeness (QED) is 0.275. The lowest BCUT2D eigenvalue weighted by Crippen LogP contribution is -2.48. The number of benzene rings is 3. The summed E-state index contributed by atoms with van der Waals surface area (Å²) >= 11 is 11.0. The summed E-state index contributed by atoms with van der Waals surface area (Å²) in [6.07, 6.45) is 0. The van der Waals surface area contributed by atoms with E-state index in [-0.39, 0.29) is 5.91 Å². The van der Waals surface area contributed by atoms with E-state index < -0.39 is 5.60 Å². The number of hydrogen-bond acceptors (Lipinski definition) is 4. The summed E-state index contributed by atoms with van der Waals surface area (Å²) in [7, 11) is 0. The minimum atomic E-state index is -1.11. The molecule has 0 saturated heterocycles. The molecule has 0 aliphatic rings. The summed E-state index contributed by atoms with van der Waals surface area (Å²) in [5, 5.41) is 1.25. The van der Waals surface area contributed by atoms with E-state index in [9.17, 15) is 4.79 Å². The van der Waals surface area contributed by atoms with Crippen LogP contribution in [0, 0.1) is 0 Å². The van der Waals surface area contributed by atoms with Crippen molar-refractivity contribution in [2.45, 2.75) is 26.0 Å². The van der Waals surface area contributed by atoms with Gasteiger partial charge in [0.05, 0.1) is 16.8 Å².